The molecule has 1 saturated heterocycles. The van der Waals surface area contributed by atoms with Crippen molar-refractivity contribution in [3.05, 3.63) is 30.6 Å². The fourth-order valence-corrected chi connectivity index (χ4v) is 3.00. The minimum Gasteiger partial charge on any atom is -0.296 e. The maximum absolute atomic E-state index is 12.0. The Hall–Kier alpha value is -1.93. The molecule has 8 heteroatoms. The van der Waals surface area contributed by atoms with Crippen molar-refractivity contribution < 1.29 is 13.2 Å². The van der Waals surface area contributed by atoms with Gasteiger partial charge in [0.25, 0.3) is 0 Å². The zero-order chi connectivity index (χ0) is 13.6. The van der Waals surface area contributed by atoms with Gasteiger partial charge in [0.15, 0.2) is 0 Å². The van der Waals surface area contributed by atoms with Gasteiger partial charge < -0.3 is 0 Å². The summed E-state index contributed by atoms with van der Waals surface area (Å²) in [7, 11) is -3.70. The number of imidazole rings is 1. The van der Waals surface area contributed by atoms with E-state index in [-0.39, 0.29) is 18.9 Å². The van der Waals surface area contributed by atoms with Gasteiger partial charge in [0.05, 0.1) is 0 Å². The molecule has 1 fully saturated rings. The van der Waals surface area contributed by atoms with Crippen molar-refractivity contribution in [1.82, 2.24) is 9.38 Å². The lowest BCUT2D eigenvalue weighted by molar-refractivity contribution is -0.117. The highest BCUT2D eigenvalue weighted by molar-refractivity contribution is 7.89. The van der Waals surface area contributed by atoms with Gasteiger partial charge in [-0.05, 0) is 12.1 Å². The van der Waals surface area contributed by atoms with Crippen molar-refractivity contribution in [2.45, 2.75) is 11.7 Å². The van der Waals surface area contributed by atoms with Gasteiger partial charge in [0, 0.05) is 25.4 Å². The maximum atomic E-state index is 12.0. The van der Waals surface area contributed by atoms with Crippen LogP contribution in [-0.4, -0.2) is 35.5 Å². The van der Waals surface area contributed by atoms with Crippen molar-refractivity contribution in [1.29, 1.82) is 0 Å². The molecule has 3 rings (SSSR count). The van der Waals surface area contributed by atoms with Crippen molar-refractivity contribution in [3.63, 3.8) is 0 Å². The number of nitrogens with zero attached hydrogens (tertiary/aromatic N) is 3. The van der Waals surface area contributed by atoms with Crippen LogP contribution in [0.25, 0.3) is 5.65 Å². The van der Waals surface area contributed by atoms with Gasteiger partial charge in [0.1, 0.15) is 16.7 Å². The third-order valence-corrected chi connectivity index (χ3v) is 4.48. The average molecular weight is 280 g/mol. The van der Waals surface area contributed by atoms with Crippen molar-refractivity contribution in [2.24, 2.45) is 5.14 Å². The van der Waals surface area contributed by atoms with Crippen LogP contribution in [0, 0.1) is 0 Å². The van der Waals surface area contributed by atoms with Crippen LogP contribution in [0.3, 0.4) is 0 Å². The van der Waals surface area contributed by atoms with Gasteiger partial charge >= 0.3 is 0 Å². The number of anilines is 1. The Kier molecular flexibility index (Phi) is 2.58. The Morgan fingerprint density at radius 3 is 2.84 bits per heavy atom. The predicted octanol–water partition coefficient (Wildman–Crippen LogP) is -0.272. The van der Waals surface area contributed by atoms with E-state index < -0.39 is 15.3 Å². The molecule has 1 aliphatic rings. The van der Waals surface area contributed by atoms with Gasteiger partial charge in [-0.2, -0.15) is 0 Å². The number of hydrogen-bond donors (Lipinski definition) is 1. The van der Waals surface area contributed by atoms with Crippen LogP contribution in [0.15, 0.2) is 30.6 Å². The zero-order valence-corrected chi connectivity index (χ0v) is 10.7. The van der Waals surface area contributed by atoms with Crippen LogP contribution in [-0.2, 0) is 14.8 Å². The number of carbonyl (C=O) groups excluding carboxylic acids is 1. The molecule has 0 aliphatic carbocycles. The molecule has 100 valence electrons. The molecule has 1 amide bonds. The van der Waals surface area contributed by atoms with E-state index in [0.29, 0.717) is 11.5 Å². The van der Waals surface area contributed by atoms with Crippen molar-refractivity contribution in [2.75, 3.05) is 11.4 Å². The van der Waals surface area contributed by atoms with Crippen LogP contribution < -0.4 is 10.0 Å². The number of aromatic nitrogens is 2. The zero-order valence-electron chi connectivity index (χ0n) is 9.93. The number of nitrogens with two attached hydrogens (primary N) is 1. The van der Waals surface area contributed by atoms with Crippen molar-refractivity contribution in [3.8, 4) is 0 Å². The molecule has 0 saturated carbocycles. The lowest BCUT2D eigenvalue weighted by Gasteiger charge is -2.17. The molecule has 19 heavy (non-hydrogen) atoms. The first-order valence-corrected chi connectivity index (χ1v) is 7.32. The molecule has 0 aromatic carbocycles. The van der Waals surface area contributed by atoms with E-state index in [9.17, 15) is 13.2 Å². The van der Waals surface area contributed by atoms with Gasteiger partial charge in [-0.3, -0.25) is 14.1 Å². The number of pyridine rings is 1. The van der Waals surface area contributed by atoms with Crippen LogP contribution in [0.4, 0.5) is 5.82 Å². The number of hydrogen-bond acceptors (Lipinski definition) is 4. The Morgan fingerprint density at radius 1 is 1.37 bits per heavy atom. The second kappa shape index (κ2) is 4.04. The second-order valence-electron chi connectivity index (χ2n) is 4.46. The van der Waals surface area contributed by atoms with E-state index in [1.165, 1.54) is 4.90 Å². The first-order chi connectivity index (χ1) is 8.97. The van der Waals surface area contributed by atoms with E-state index in [1.807, 2.05) is 0 Å². The highest BCUT2D eigenvalue weighted by Crippen LogP contribution is 2.24. The first-order valence-electron chi connectivity index (χ1n) is 5.71. The third-order valence-electron chi connectivity index (χ3n) is 3.24. The fourth-order valence-electron chi connectivity index (χ4n) is 2.27. The minimum atomic E-state index is -3.70. The van der Waals surface area contributed by atoms with Crippen LogP contribution in [0.2, 0.25) is 0 Å². The van der Waals surface area contributed by atoms with E-state index in [0.717, 1.165) is 0 Å². The molecule has 3 heterocycles. The van der Waals surface area contributed by atoms with E-state index in [2.05, 4.69) is 4.98 Å². The monoisotopic (exact) mass is 280 g/mol. The number of fused-ring (bicyclic) bond motifs is 1. The summed E-state index contributed by atoms with van der Waals surface area (Å²) < 4.78 is 24.4. The van der Waals surface area contributed by atoms with E-state index in [4.69, 9.17) is 5.14 Å². The van der Waals surface area contributed by atoms with Gasteiger partial charge in [-0.25, -0.2) is 18.5 Å². The van der Waals surface area contributed by atoms with Gasteiger partial charge in [-0.1, -0.05) is 6.07 Å². The van der Waals surface area contributed by atoms with Crippen molar-refractivity contribution >= 4 is 27.4 Å². The molecule has 1 aliphatic heterocycles. The number of amides is 1. The second-order valence-corrected chi connectivity index (χ2v) is 6.30. The highest BCUT2D eigenvalue weighted by atomic mass is 32.2. The lowest BCUT2D eigenvalue weighted by atomic mass is 10.4. The van der Waals surface area contributed by atoms with Crippen LogP contribution in [0.5, 0.6) is 0 Å². The molecule has 2 aromatic heterocycles. The topological polar surface area (TPSA) is 97.8 Å². The lowest BCUT2D eigenvalue weighted by Crippen LogP contribution is -2.32. The normalized spacial score (nSPS) is 20.4. The Balaban J connectivity index is 2.04. The summed E-state index contributed by atoms with van der Waals surface area (Å²) >= 11 is 0. The molecule has 0 radical (unpaired) electrons. The molecule has 2 aromatic rings. The molecule has 1 unspecified atom stereocenters. The summed E-state index contributed by atoms with van der Waals surface area (Å²) in [5.41, 5.74) is 0.698. The molecule has 0 bridgehead atoms. The maximum Gasteiger partial charge on any atom is 0.229 e. The van der Waals surface area contributed by atoms with E-state index in [1.54, 1.807) is 35.0 Å². The Morgan fingerprint density at radius 2 is 2.16 bits per heavy atom. The number of sulfonamides is 1. The summed E-state index contributed by atoms with van der Waals surface area (Å²) in [5, 5.41) is 4.26. The fraction of sp³-hybridized carbons (Fsp3) is 0.273. The van der Waals surface area contributed by atoms with Gasteiger partial charge in [-0.15, -0.1) is 0 Å². The SMILES string of the molecule is NS(=O)(=O)C1CC(=O)N(c2cccc3nccn23)C1. The smallest absolute Gasteiger partial charge is 0.229 e. The summed E-state index contributed by atoms with van der Waals surface area (Å²) in [6, 6.07) is 5.33. The largest absolute Gasteiger partial charge is 0.296 e. The number of primary sulfonamides is 1. The Bertz CT molecular complexity index is 752. The first kappa shape index (κ1) is 12.1. The molecule has 2 N–H and O–H groups in total. The number of carbonyl (C=O) groups is 1. The molecular formula is C11H12N4O3S. The minimum absolute atomic E-state index is 0.0783. The third kappa shape index (κ3) is 1.98. The van der Waals surface area contributed by atoms with E-state index >= 15 is 0 Å². The van der Waals surface area contributed by atoms with Crippen LogP contribution >= 0.6 is 0 Å². The standard InChI is InChI=1S/C11H12N4O3S/c12-19(17,18)8-6-11(16)15(7-8)10-3-1-2-9-13-4-5-14(9)10/h1-5,8H,6-7H2,(H2,12,17,18). The number of rotatable bonds is 2. The van der Waals surface area contributed by atoms with Gasteiger partial charge in [0.2, 0.25) is 15.9 Å². The quantitative estimate of drug-likeness (QED) is 0.818. The van der Waals surface area contributed by atoms with Crippen LogP contribution in [0.1, 0.15) is 6.42 Å². The summed E-state index contributed by atoms with van der Waals surface area (Å²) in [5.74, 6) is 0.353. The summed E-state index contributed by atoms with van der Waals surface area (Å²) in [4.78, 5) is 17.5. The average Bonchev–Trinajstić information content (AvgIpc) is 2.93. The predicted molar refractivity (Wildman–Crippen MR) is 69.1 cm³/mol. The highest BCUT2D eigenvalue weighted by Gasteiger charge is 2.37. The molecule has 7 nitrogen and oxygen atoms in total. The molecule has 1 atom stereocenters. The Labute approximate surface area is 109 Å². The summed E-state index contributed by atoms with van der Waals surface area (Å²) in [6.45, 7) is 0.0783. The summed E-state index contributed by atoms with van der Waals surface area (Å²) in [6.07, 6.45) is 3.27. The molecule has 0 spiro atoms. The molecular weight excluding hydrogens is 268 g/mol.